The van der Waals surface area contributed by atoms with E-state index in [1.54, 1.807) is 0 Å². The molecule has 0 saturated carbocycles. The van der Waals surface area contributed by atoms with Crippen LogP contribution in [0.1, 0.15) is 42.9 Å². The highest BCUT2D eigenvalue weighted by Gasteiger charge is 2.35. The van der Waals surface area contributed by atoms with Crippen molar-refractivity contribution in [3.05, 3.63) is 35.4 Å². The van der Waals surface area contributed by atoms with Crippen LogP contribution in [0.3, 0.4) is 0 Å². The first-order valence-electron chi connectivity index (χ1n) is 6.56. The number of rotatable bonds is 3. The van der Waals surface area contributed by atoms with Crippen molar-refractivity contribution in [2.75, 3.05) is 6.54 Å². The Morgan fingerprint density at radius 2 is 2.00 bits per heavy atom. The molecule has 1 aromatic carbocycles. The monoisotopic (exact) mass is 273 g/mol. The highest BCUT2D eigenvalue weighted by atomic mass is 19.4. The van der Waals surface area contributed by atoms with Crippen LogP contribution in [0.2, 0.25) is 0 Å². The Morgan fingerprint density at radius 3 is 2.63 bits per heavy atom. The topological polar surface area (TPSA) is 32.3 Å². The average Bonchev–Trinajstić information content (AvgIpc) is 2.39. The molecule has 1 saturated heterocycles. The molecule has 0 radical (unpaired) electrons. The molecule has 5 heteroatoms. The van der Waals surface area contributed by atoms with Gasteiger partial charge in [-0.05, 0) is 37.4 Å². The summed E-state index contributed by atoms with van der Waals surface area (Å²) in [6.45, 7) is 0.873. The lowest BCUT2D eigenvalue weighted by molar-refractivity contribution is -0.139. The van der Waals surface area contributed by atoms with Gasteiger partial charge in [-0.15, -0.1) is 0 Å². The molecule has 1 heterocycles. The molecule has 2 N–H and O–H groups in total. The van der Waals surface area contributed by atoms with Crippen molar-refractivity contribution in [3.8, 4) is 0 Å². The summed E-state index contributed by atoms with van der Waals surface area (Å²) < 4.78 is 38.6. The van der Waals surface area contributed by atoms with Crippen LogP contribution in [0.4, 0.5) is 13.2 Å². The maximum atomic E-state index is 12.9. The van der Waals surface area contributed by atoms with Gasteiger partial charge < -0.3 is 10.4 Å². The first kappa shape index (κ1) is 14.3. The van der Waals surface area contributed by atoms with Gasteiger partial charge in [0, 0.05) is 6.04 Å². The third kappa shape index (κ3) is 3.70. The second-order valence-electron chi connectivity index (χ2n) is 4.98. The maximum Gasteiger partial charge on any atom is 0.416 e. The molecule has 2 unspecified atom stereocenters. The molecule has 2 atom stereocenters. The summed E-state index contributed by atoms with van der Waals surface area (Å²) in [5.41, 5.74) is -0.763. The number of nitrogens with one attached hydrogen (secondary N) is 1. The van der Waals surface area contributed by atoms with Gasteiger partial charge in [0.25, 0.3) is 0 Å². The molecular weight excluding hydrogens is 255 g/mol. The summed E-state index contributed by atoms with van der Waals surface area (Å²) in [5, 5.41) is 13.3. The molecule has 1 fully saturated rings. The molecule has 0 aliphatic carbocycles. The fourth-order valence-electron chi connectivity index (χ4n) is 2.57. The van der Waals surface area contributed by atoms with E-state index in [0.29, 0.717) is 6.42 Å². The number of aliphatic hydroxyl groups is 1. The standard InChI is InChI=1S/C14H18F3NO/c15-14(16,17)12-7-2-1-6-11(12)13(19)9-10-5-3-4-8-18-10/h1-2,6-7,10,13,18-19H,3-5,8-9H2. The van der Waals surface area contributed by atoms with E-state index in [4.69, 9.17) is 0 Å². The molecule has 2 rings (SSSR count). The number of hydrogen-bond donors (Lipinski definition) is 2. The van der Waals surface area contributed by atoms with Gasteiger partial charge >= 0.3 is 6.18 Å². The predicted octanol–water partition coefficient (Wildman–Crippen LogP) is 3.27. The number of hydrogen-bond acceptors (Lipinski definition) is 2. The molecule has 1 aliphatic rings. The van der Waals surface area contributed by atoms with E-state index >= 15 is 0 Å². The molecule has 0 spiro atoms. The molecule has 19 heavy (non-hydrogen) atoms. The Bertz CT molecular complexity index is 413. The van der Waals surface area contributed by atoms with Crippen molar-refractivity contribution in [1.29, 1.82) is 0 Å². The number of piperidine rings is 1. The van der Waals surface area contributed by atoms with Crippen LogP contribution in [-0.4, -0.2) is 17.7 Å². The van der Waals surface area contributed by atoms with Gasteiger partial charge in [-0.25, -0.2) is 0 Å². The zero-order valence-corrected chi connectivity index (χ0v) is 10.6. The summed E-state index contributed by atoms with van der Waals surface area (Å²) in [4.78, 5) is 0. The van der Waals surface area contributed by atoms with Crippen LogP contribution in [0, 0.1) is 0 Å². The Kier molecular flexibility index (Phi) is 4.47. The Balaban J connectivity index is 2.12. The summed E-state index contributed by atoms with van der Waals surface area (Å²) in [7, 11) is 0. The third-order valence-electron chi connectivity index (χ3n) is 3.55. The molecule has 106 valence electrons. The second-order valence-corrected chi connectivity index (χ2v) is 4.98. The van der Waals surface area contributed by atoms with E-state index < -0.39 is 17.8 Å². The van der Waals surface area contributed by atoms with Crippen molar-refractivity contribution in [2.45, 2.75) is 44.0 Å². The van der Waals surface area contributed by atoms with Crippen molar-refractivity contribution in [1.82, 2.24) is 5.32 Å². The van der Waals surface area contributed by atoms with Gasteiger partial charge in [0.15, 0.2) is 0 Å². The van der Waals surface area contributed by atoms with E-state index in [-0.39, 0.29) is 11.6 Å². The maximum absolute atomic E-state index is 12.9. The highest BCUT2D eigenvalue weighted by Crippen LogP contribution is 2.36. The minimum Gasteiger partial charge on any atom is -0.388 e. The number of halogens is 3. The van der Waals surface area contributed by atoms with Gasteiger partial charge in [-0.3, -0.25) is 0 Å². The second kappa shape index (κ2) is 5.92. The summed E-state index contributed by atoms with van der Waals surface area (Å²) in [6.07, 6.45) is -2.11. The average molecular weight is 273 g/mol. The van der Waals surface area contributed by atoms with E-state index in [1.165, 1.54) is 18.2 Å². The fourth-order valence-corrected chi connectivity index (χ4v) is 2.57. The Morgan fingerprint density at radius 1 is 1.26 bits per heavy atom. The molecule has 1 aliphatic heterocycles. The third-order valence-corrected chi connectivity index (χ3v) is 3.55. The summed E-state index contributed by atoms with van der Waals surface area (Å²) >= 11 is 0. The van der Waals surface area contributed by atoms with Crippen LogP contribution in [-0.2, 0) is 6.18 Å². The van der Waals surface area contributed by atoms with Crippen LogP contribution < -0.4 is 5.32 Å². The van der Waals surface area contributed by atoms with E-state index in [1.807, 2.05) is 0 Å². The normalized spacial score (nSPS) is 22.2. The van der Waals surface area contributed by atoms with Gasteiger partial charge in [-0.2, -0.15) is 13.2 Å². The van der Waals surface area contributed by atoms with Crippen LogP contribution in [0.5, 0.6) is 0 Å². The van der Waals surface area contributed by atoms with E-state index in [2.05, 4.69) is 5.32 Å². The quantitative estimate of drug-likeness (QED) is 0.886. The first-order chi connectivity index (χ1) is 8.98. The first-order valence-corrected chi connectivity index (χ1v) is 6.56. The molecule has 1 aromatic rings. The van der Waals surface area contributed by atoms with Gasteiger partial charge in [0.2, 0.25) is 0 Å². The lowest BCUT2D eigenvalue weighted by atomic mass is 9.93. The summed E-state index contributed by atoms with van der Waals surface area (Å²) in [5.74, 6) is 0. The van der Waals surface area contributed by atoms with Gasteiger partial charge in [0.05, 0.1) is 11.7 Å². The van der Waals surface area contributed by atoms with Crippen molar-refractivity contribution in [2.24, 2.45) is 0 Å². The van der Waals surface area contributed by atoms with E-state index in [0.717, 1.165) is 31.9 Å². The molecule has 0 aromatic heterocycles. The molecule has 0 bridgehead atoms. The van der Waals surface area contributed by atoms with Crippen LogP contribution >= 0.6 is 0 Å². The summed E-state index contributed by atoms with van der Waals surface area (Å²) in [6, 6.07) is 5.36. The molecule has 0 amide bonds. The van der Waals surface area contributed by atoms with E-state index in [9.17, 15) is 18.3 Å². The number of alkyl halides is 3. The van der Waals surface area contributed by atoms with Gasteiger partial charge in [-0.1, -0.05) is 24.6 Å². The largest absolute Gasteiger partial charge is 0.416 e. The smallest absolute Gasteiger partial charge is 0.388 e. The van der Waals surface area contributed by atoms with Crippen LogP contribution in [0.15, 0.2) is 24.3 Å². The minimum atomic E-state index is -4.42. The zero-order valence-electron chi connectivity index (χ0n) is 10.6. The molecular formula is C14H18F3NO. The number of benzene rings is 1. The lowest BCUT2D eigenvalue weighted by Gasteiger charge is -2.26. The zero-order chi connectivity index (χ0) is 13.9. The fraction of sp³-hybridized carbons (Fsp3) is 0.571. The highest BCUT2D eigenvalue weighted by molar-refractivity contribution is 5.31. The predicted molar refractivity (Wildman–Crippen MR) is 66.7 cm³/mol. The van der Waals surface area contributed by atoms with Crippen molar-refractivity contribution >= 4 is 0 Å². The Labute approximate surface area is 110 Å². The van der Waals surface area contributed by atoms with Gasteiger partial charge in [0.1, 0.15) is 0 Å². The molecule has 2 nitrogen and oxygen atoms in total. The van der Waals surface area contributed by atoms with Crippen LogP contribution in [0.25, 0.3) is 0 Å². The minimum absolute atomic E-state index is 0.0256. The SMILES string of the molecule is OC(CC1CCCCN1)c1ccccc1C(F)(F)F. The van der Waals surface area contributed by atoms with Crippen molar-refractivity contribution in [3.63, 3.8) is 0 Å². The number of aliphatic hydroxyl groups excluding tert-OH is 1. The Hall–Kier alpha value is -1.07. The van der Waals surface area contributed by atoms with Crippen molar-refractivity contribution < 1.29 is 18.3 Å². The lowest BCUT2D eigenvalue weighted by Crippen LogP contribution is -2.35.